The number of thiophene rings is 1. The number of aliphatic hydroxyl groups is 1. The summed E-state index contributed by atoms with van der Waals surface area (Å²) in [5, 5.41) is 12.3. The molecule has 0 fully saturated rings. The van der Waals surface area contributed by atoms with Crippen molar-refractivity contribution in [2.24, 2.45) is 0 Å². The summed E-state index contributed by atoms with van der Waals surface area (Å²) in [6.07, 6.45) is 3.03. The van der Waals surface area contributed by atoms with Crippen LogP contribution in [0, 0.1) is 0 Å². The lowest BCUT2D eigenvalue weighted by molar-refractivity contribution is 0.223. The minimum absolute atomic E-state index is 0.528. The topological polar surface area (TPSA) is 20.2 Å². The summed E-state index contributed by atoms with van der Waals surface area (Å²) in [5.41, 5.74) is 2.30. The Morgan fingerprint density at radius 1 is 1.22 bits per heavy atom. The first-order valence-corrected chi connectivity index (χ1v) is 7.89. The van der Waals surface area contributed by atoms with Gasteiger partial charge in [0.1, 0.15) is 6.10 Å². The number of hydrogen-bond donors (Lipinski definition) is 1. The SMILES string of the molecule is CCCCc1ccc(C(O)c2sccc2Br)cc1. The zero-order valence-electron chi connectivity index (χ0n) is 10.4. The molecule has 0 saturated carbocycles. The van der Waals surface area contributed by atoms with Crippen molar-refractivity contribution >= 4 is 27.3 Å². The molecular formula is C15H17BrOS. The van der Waals surface area contributed by atoms with Gasteiger partial charge in [0, 0.05) is 4.47 Å². The highest BCUT2D eigenvalue weighted by Gasteiger charge is 2.14. The van der Waals surface area contributed by atoms with Gasteiger partial charge in [-0.25, -0.2) is 0 Å². The van der Waals surface area contributed by atoms with Crippen molar-refractivity contribution in [1.82, 2.24) is 0 Å². The molecule has 96 valence electrons. The number of benzene rings is 1. The molecule has 1 N–H and O–H groups in total. The lowest BCUT2D eigenvalue weighted by Gasteiger charge is -2.10. The number of unbranched alkanes of at least 4 members (excludes halogenated alkanes) is 1. The van der Waals surface area contributed by atoms with Crippen LogP contribution in [0.1, 0.15) is 41.9 Å². The van der Waals surface area contributed by atoms with Crippen LogP contribution < -0.4 is 0 Å². The van der Waals surface area contributed by atoms with Crippen LogP contribution in [0.5, 0.6) is 0 Å². The summed E-state index contributed by atoms with van der Waals surface area (Å²) in [7, 11) is 0. The van der Waals surface area contributed by atoms with Gasteiger partial charge in [-0.05, 0) is 51.3 Å². The Kier molecular flexibility index (Phi) is 4.98. The Morgan fingerprint density at radius 3 is 2.50 bits per heavy atom. The molecule has 18 heavy (non-hydrogen) atoms. The molecule has 1 aromatic heterocycles. The van der Waals surface area contributed by atoms with Gasteiger partial charge < -0.3 is 5.11 Å². The predicted molar refractivity (Wildman–Crippen MR) is 81.1 cm³/mol. The van der Waals surface area contributed by atoms with Crippen molar-refractivity contribution in [3.05, 3.63) is 56.2 Å². The number of aliphatic hydroxyl groups excluding tert-OH is 1. The molecule has 0 bridgehead atoms. The van der Waals surface area contributed by atoms with Crippen LogP contribution in [-0.4, -0.2) is 5.11 Å². The first-order valence-electron chi connectivity index (χ1n) is 6.22. The first-order chi connectivity index (χ1) is 8.72. The lowest BCUT2D eigenvalue weighted by Crippen LogP contribution is -1.98. The highest BCUT2D eigenvalue weighted by molar-refractivity contribution is 9.10. The van der Waals surface area contributed by atoms with E-state index < -0.39 is 6.10 Å². The Hall–Kier alpha value is -0.640. The highest BCUT2D eigenvalue weighted by Crippen LogP contribution is 2.33. The molecule has 2 aromatic rings. The fourth-order valence-corrected chi connectivity index (χ4v) is 3.50. The van der Waals surface area contributed by atoms with Crippen LogP contribution in [-0.2, 0) is 6.42 Å². The van der Waals surface area contributed by atoms with Gasteiger partial charge in [-0.3, -0.25) is 0 Å². The maximum absolute atomic E-state index is 10.3. The minimum Gasteiger partial charge on any atom is -0.383 e. The second-order valence-corrected chi connectivity index (χ2v) is 6.18. The molecule has 3 heteroatoms. The number of aryl methyl sites for hydroxylation is 1. The van der Waals surface area contributed by atoms with E-state index in [4.69, 9.17) is 0 Å². The standard InChI is InChI=1S/C15H17BrOS/c1-2-3-4-11-5-7-12(8-6-11)14(17)15-13(16)9-10-18-15/h5-10,14,17H,2-4H2,1H3. The smallest absolute Gasteiger partial charge is 0.114 e. The maximum atomic E-state index is 10.3. The van der Waals surface area contributed by atoms with E-state index in [0.29, 0.717) is 0 Å². The Morgan fingerprint density at radius 2 is 1.94 bits per heavy atom. The van der Waals surface area contributed by atoms with Gasteiger partial charge in [-0.1, -0.05) is 37.6 Å². The molecule has 0 spiro atoms. The van der Waals surface area contributed by atoms with Gasteiger partial charge in [0.2, 0.25) is 0 Å². The molecule has 1 heterocycles. The van der Waals surface area contributed by atoms with Gasteiger partial charge >= 0.3 is 0 Å². The molecule has 1 unspecified atom stereocenters. The minimum atomic E-state index is -0.528. The zero-order valence-corrected chi connectivity index (χ0v) is 12.8. The second-order valence-electron chi connectivity index (χ2n) is 4.38. The normalized spacial score (nSPS) is 12.6. The Labute approximate surface area is 121 Å². The average Bonchev–Trinajstić information content (AvgIpc) is 2.82. The van der Waals surface area contributed by atoms with E-state index in [1.807, 2.05) is 23.6 Å². The van der Waals surface area contributed by atoms with Crippen LogP contribution in [0.4, 0.5) is 0 Å². The van der Waals surface area contributed by atoms with E-state index in [9.17, 15) is 5.11 Å². The summed E-state index contributed by atoms with van der Waals surface area (Å²) in [6.45, 7) is 2.20. The van der Waals surface area contributed by atoms with E-state index in [1.54, 1.807) is 11.3 Å². The van der Waals surface area contributed by atoms with E-state index in [2.05, 4.69) is 35.0 Å². The fraction of sp³-hybridized carbons (Fsp3) is 0.333. The molecule has 1 nitrogen and oxygen atoms in total. The average molecular weight is 325 g/mol. The van der Waals surface area contributed by atoms with Gasteiger partial charge in [0.15, 0.2) is 0 Å². The summed E-state index contributed by atoms with van der Waals surface area (Å²) < 4.78 is 0.982. The van der Waals surface area contributed by atoms with Gasteiger partial charge in [0.05, 0.1) is 4.88 Å². The van der Waals surface area contributed by atoms with E-state index >= 15 is 0 Å². The molecule has 0 amide bonds. The van der Waals surface area contributed by atoms with Gasteiger partial charge in [-0.15, -0.1) is 11.3 Å². The molecular weight excluding hydrogens is 308 g/mol. The molecule has 0 aliphatic heterocycles. The highest BCUT2D eigenvalue weighted by atomic mass is 79.9. The third-order valence-electron chi connectivity index (χ3n) is 3.01. The molecule has 1 atom stereocenters. The summed E-state index contributed by atoms with van der Waals surface area (Å²) >= 11 is 5.04. The third kappa shape index (κ3) is 3.22. The largest absolute Gasteiger partial charge is 0.383 e. The molecule has 0 aliphatic rings. The molecule has 1 aromatic carbocycles. The zero-order chi connectivity index (χ0) is 13.0. The summed E-state index contributed by atoms with van der Waals surface area (Å²) in [5.74, 6) is 0. The summed E-state index contributed by atoms with van der Waals surface area (Å²) in [6, 6.07) is 10.3. The third-order valence-corrected chi connectivity index (χ3v) is 4.93. The van der Waals surface area contributed by atoms with Crippen LogP contribution in [0.3, 0.4) is 0 Å². The van der Waals surface area contributed by atoms with Crippen LogP contribution in [0.15, 0.2) is 40.2 Å². The van der Waals surface area contributed by atoms with Crippen LogP contribution >= 0.6 is 27.3 Å². The molecule has 0 radical (unpaired) electrons. The van der Waals surface area contributed by atoms with Crippen molar-refractivity contribution in [2.75, 3.05) is 0 Å². The van der Waals surface area contributed by atoms with Crippen molar-refractivity contribution in [3.63, 3.8) is 0 Å². The lowest BCUT2D eigenvalue weighted by atomic mass is 10.0. The first kappa shape index (κ1) is 13.8. The maximum Gasteiger partial charge on any atom is 0.114 e. The molecule has 0 aliphatic carbocycles. The van der Waals surface area contributed by atoms with Crippen molar-refractivity contribution < 1.29 is 5.11 Å². The number of hydrogen-bond acceptors (Lipinski definition) is 2. The van der Waals surface area contributed by atoms with Gasteiger partial charge in [0.25, 0.3) is 0 Å². The molecule has 0 saturated heterocycles. The summed E-state index contributed by atoms with van der Waals surface area (Å²) in [4.78, 5) is 0.969. The van der Waals surface area contributed by atoms with E-state index in [0.717, 1.165) is 21.3 Å². The Bertz CT molecular complexity index is 489. The monoisotopic (exact) mass is 324 g/mol. The van der Waals surface area contributed by atoms with Crippen molar-refractivity contribution in [2.45, 2.75) is 32.3 Å². The quantitative estimate of drug-likeness (QED) is 0.826. The Balaban J connectivity index is 2.12. The van der Waals surface area contributed by atoms with Crippen LogP contribution in [0.2, 0.25) is 0 Å². The number of rotatable bonds is 5. The van der Waals surface area contributed by atoms with Crippen LogP contribution in [0.25, 0.3) is 0 Å². The predicted octanol–water partition coefficient (Wildman–Crippen LogP) is 4.93. The molecule has 2 rings (SSSR count). The van der Waals surface area contributed by atoms with Gasteiger partial charge in [-0.2, -0.15) is 0 Å². The number of halogens is 1. The van der Waals surface area contributed by atoms with E-state index in [-0.39, 0.29) is 0 Å². The van der Waals surface area contributed by atoms with Crippen molar-refractivity contribution in [3.8, 4) is 0 Å². The fourth-order valence-electron chi connectivity index (χ4n) is 1.90. The second kappa shape index (κ2) is 6.50. The van der Waals surface area contributed by atoms with Crippen molar-refractivity contribution in [1.29, 1.82) is 0 Å². The van der Waals surface area contributed by atoms with E-state index in [1.165, 1.54) is 18.4 Å².